The number of aromatic hydroxyl groups is 2. The van der Waals surface area contributed by atoms with Crippen molar-refractivity contribution in [2.75, 3.05) is 0 Å². The third-order valence-corrected chi connectivity index (χ3v) is 8.50. The fourth-order valence-corrected chi connectivity index (χ4v) is 6.46. The van der Waals surface area contributed by atoms with Gasteiger partial charge in [0.25, 0.3) is 11.1 Å². The monoisotopic (exact) mass is 640 g/mol. The number of fused-ring (bicyclic) bond motifs is 2. The van der Waals surface area contributed by atoms with E-state index in [1.165, 1.54) is 4.57 Å². The van der Waals surface area contributed by atoms with Crippen LogP contribution in [-0.2, 0) is 0 Å². The van der Waals surface area contributed by atoms with Crippen LogP contribution in [0.4, 0.5) is 0 Å². The number of aromatic amines is 1. The minimum atomic E-state index is -1.12. The quantitative estimate of drug-likeness (QED) is 0.178. The van der Waals surface area contributed by atoms with Gasteiger partial charge < -0.3 is 15.2 Å². The minimum Gasteiger partial charge on any atom is -0.507 e. The Morgan fingerprint density at radius 3 is 2.05 bits per heavy atom. The van der Waals surface area contributed by atoms with Gasteiger partial charge in [-0.05, 0) is 53.6 Å². The maximum Gasteiger partial charge on any atom is 0.263 e. The molecule has 7 rings (SSSR count). The van der Waals surface area contributed by atoms with Crippen molar-refractivity contribution in [2.24, 2.45) is 0 Å². The van der Waals surface area contributed by atoms with Gasteiger partial charge in [-0.2, -0.15) is 0 Å². The zero-order valence-corrected chi connectivity index (χ0v) is 24.8. The summed E-state index contributed by atoms with van der Waals surface area (Å²) in [6.07, 6.45) is 0. The highest BCUT2D eigenvalue weighted by Gasteiger charge is 2.32. The van der Waals surface area contributed by atoms with E-state index in [-0.39, 0.29) is 22.6 Å². The van der Waals surface area contributed by atoms with Gasteiger partial charge in [0.2, 0.25) is 0 Å². The van der Waals surface area contributed by atoms with Crippen LogP contribution in [0.5, 0.6) is 11.5 Å². The zero-order valence-electron chi connectivity index (χ0n) is 23.2. The molecular formula is C37H25BrN2O4. The van der Waals surface area contributed by atoms with Gasteiger partial charge >= 0.3 is 0 Å². The minimum absolute atomic E-state index is 0.0231. The molecule has 0 unspecified atom stereocenters. The molecule has 7 heteroatoms. The van der Waals surface area contributed by atoms with E-state index >= 15 is 0 Å². The molecular weight excluding hydrogens is 616 g/mol. The van der Waals surface area contributed by atoms with Crippen LogP contribution < -0.4 is 11.1 Å². The number of nitrogens with zero attached hydrogens (tertiary/aromatic N) is 1. The van der Waals surface area contributed by atoms with Crippen molar-refractivity contribution < 1.29 is 10.2 Å². The topological polar surface area (TPSA) is 95.3 Å². The Hall–Kier alpha value is -5.40. The number of rotatable bonds is 5. The molecule has 0 radical (unpaired) electrons. The molecule has 2 heterocycles. The lowest BCUT2D eigenvalue weighted by Crippen LogP contribution is -2.28. The number of benzene rings is 5. The van der Waals surface area contributed by atoms with E-state index < -0.39 is 17.0 Å². The highest BCUT2D eigenvalue weighted by molar-refractivity contribution is 9.10. The molecule has 5 aromatic carbocycles. The zero-order chi connectivity index (χ0) is 30.4. The molecule has 2 aromatic heterocycles. The van der Waals surface area contributed by atoms with Gasteiger partial charge in [-0.1, -0.05) is 101 Å². The largest absolute Gasteiger partial charge is 0.507 e. The van der Waals surface area contributed by atoms with E-state index in [1.807, 2.05) is 78.9 Å². The molecule has 0 spiro atoms. The summed E-state index contributed by atoms with van der Waals surface area (Å²) >= 11 is 3.52. The second-order valence-corrected chi connectivity index (χ2v) is 11.5. The Bertz CT molecular complexity index is 2310. The maximum atomic E-state index is 14.6. The van der Waals surface area contributed by atoms with Gasteiger partial charge in [-0.3, -0.25) is 14.2 Å². The Morgan fingerprint density at radius 2 is 1.30 bits per heavy atom. The van der Waals surface area contributed by atoms with Crippen molar-refractivity contribution in [1.29, 1.82) is 0 Å². The summed E-state index contributed by atoms with van der Waals surface area (Å²) in [5.41, 5.74) is 2.63. The number of H-pyrrole nitrogens is 1. The molecule has 214 valence electrons. The van der Waals surface area contributed by atoms with Crippen LogP contribution in [0.15, 0.2) is 141 Å². The first-order valence-electron chi connectivity index (χ1n) is 14.0. The molecule has 1 atom stereocenters. The lowest BCUT2D eigenvalue weighted by atomic mass is 9.83. The third-order valence-electron chi connectivity index (χ3n) is 8.01. The summed E-state index contributed by atoms with van der Waals surface area (Å²) in [6, 6.07) is 38.5. The van der Waals surface area contributed by atoms with E-state index in [0.717, 1.165) is 11.1 Å². The maximum absolute atomic E-state index is 14.6. The lowest BCUT2D eigenvalue weighted by Gasteiger charge is -2.23. The fraction of sp³-hybridized carbons (Fsp3) is 0.0270. The molecule has 0 fully saturated rings. The van der Waals surface area contributed by atoms with E-state index in [0.29, 0.717) is 37.5 Å². The standard InChI is InChI=1S/C37H25BrN2O4/c38-24-14-9-13-23(21-24)30(31-35(42)28-19-10-18-26(33(28)39-36(31)43)22-11-3-1-4-12-22)32-34(41)27-17-7-8-20-29(27)40(37(32)44)25-15-5-2-6-16-25/h1-21,30,41H,(H2,39,42,43)/t30-/m0/s1. The van der Waals surface area contributed by atoms with E-state index in [2.05, 4.69) is 20.9 Å². The first-order valence-corrected chi connectivity index (χ1v) is 14.8. The number of aromatic nitrogens is 2. The van der Waals surface area contributed by atoms with Gasteiger partial charge in [0.05, 0.1) is 28.1 Å². The van der Waals surface area contributed by atoms with Crippen molar-refractivity contribution in [2.45, 2.75) is 5.92 Å². The lowest BCUT2D eigenvalue weighted by molar-refractivity contribution is 0.462. The number of para-hydroxylation sites is 3. The van der Waals surface area contributed by atoms with Crippen LogP contribution in [0, 0.1) is 0 Å². The summed E-state index contributed by atoms with van der Waals surface area (Å²) in [7, 11) is 0. The number of halogens is 1. The van der Waals surface area contributed by atoms with E-state index in [1.54, 1.807) is 48.5 Å². The van der Waals surface area contributed by atoms with Gasteiger partial charge in [0.15, 0.2) is 0 Å². The van der Waals surface area contributed by atoms with Crippen LogP contribution >= 0.6 is 15.9 Å². The molecule has 6 nitrogen and oxygen atoms in total. The summed E-state index contributed by atoms with van der Waals surface area (Å²) in [5, 5.41) is 24.6. The molecule has 0 amide bonds. The SMILES string of the molecule is O=c1[nH]c2c(-c3ccccc3)cccc2c(O)c1[C@H](c1cccc(Br)c1)c1c(O)c2ccccc2n(-c2ccccc2)c1=O. The summed E-state index contributed by atoms with van der Waals surface area (Å²) < 4.78 is 2.25. The van der Waals surface area contributed by atoms with Crippen molar-refractivity contribution in [3.05, 3.63) is 169 Å². The fourth-order valence-electron chi connectivity index (χ4n) is 6.05. The van der Waals surface area contributed by atoms with Crippen LogP contribution in [0.1, 0.15) is 22.6 Å². The number of hydrogen-bond donors (Lipinski definition) is 3. The third kappa shape index (κ3) is 4.49. The highest BCUT2D eigenvalue weighted by Crippen LogP contribution is 2.43. The molecule has 0 saturated heterocycles. The van der Waals surface area contributed by atoms with Gasteiger partial charge in [-0.15, -0.1) is 0 Å². The Labute approximate surface area is 260 Å². The summed E-state index contributed by atoms with van der Waals surface area (Å²) in [5.74, 6) is -1.63. The average molecular weight is 642 g/mol. The Morgan fingerprint density at radius 1 is 0.659 bits per heavy atom. The van der Waals surface area contributed by atoms with Crippen molar-refractivity contribution in [1.82, 2.24) is 9.55 Å². The van der Waals surface area contributed by atoms with Crippen molar-refractivity contribution in [3.8, 4) is 28.3 Å². The normalized spacial score (nSPS) is 12.0. The van der Waals surface area contributed by atoms with E-state index in [9.17, 15) is 19.8 Å². The Kier molecular flexibility index (Phi) is 6.87. The van der Waals surface area contributed by atoms with Crippen LogP contribution in [0.3, 0.4) is 0 Å². The highest BCUT2D eigenvalue weighted by atomic mass is 79.9. The van der Waals surface area contributed by atoms with Crippen molar-refractivity contribution >= 4 is 37.7 Å². The molecule has 0 aliphatic carbocycles. The second kappa shape index (κ2) is 11.0. The summed E-state index contributed by atoms with van der Waals surface area (Å²) in [6.45, 7) is 0. The molecule has 44 heavy (non-hydrogen) atoms. The molecule has 3 N–H and O–H groups in total. The second-order valence-electron chi connectivity index (χ2n) is 10.6. The van der Waals surface area contributed by atoms with Gasteiger partial charge in [0, 0.05) is 26.5 Å². The molecule has 0 bridgehead atoms. The van der Waals surface area contributed by atoms with Crippen LogP contribution in [0.25, 0.3) is 38.6 Å². The summed E-state index contributed by atoms with van der Waals surface area (Å²) in [4.78, 5) is 31.7. The molecule has 0 saturated carbocycles. The number of pyridine rings is 2. The average Bonchev–Trinajstić information content (AvgIpc) is 3.05. The van der Waals surface area contributed by atoms with Crippen molar-refractivity contribution in [3.63, 3.8) is 0 Å². The molecule has 7 aromatic rings. The van der Waals surface area contributed by atoms with Crippen LogP contribution in [-0.4, -0.2) is 19.8 Å². The predicted octanol–water partition coefficient (Wildman–Crippen LogP) is 7.85. The molecule has 0 aliphatic heterocycles. The first kappa shape index (κ1) is 27.4. The van der Waals surface area contributed by atoms with Gasteiger partial charge in [-0.25, -0.2) is 0 Å². The van der Waals surface area contributed by atoms with Gasteiger partial charge in [0.1, 0.15) is 11.5 Å². The number of hydrogen-bond acceptors (Lipinski definition) is 4. The predicted molar refractivity (Wildman–Crippen MR) is 178 cm³/mol. The Balaban J connectivity index is 1.60. The molecule has 0 aliphatic rings. The van der Waals surface area contributed by atoms with E-state index in [4.69, 9.17) is 0 Å². The van der Waals surface area contributed by atoms with Crippen LogP contribution in [0.2, 0.25) is 0 Å². The first-order chi connectivity index (χ1) is 21.4. The number of nitrogens with one attached hydrogen (secondary N) is 1. The smallest absolute Gasteiger partial charge is 0.263 e.